The van der Waals surface area contributed by atoms with Gasteiger partial charge in [0.2, 0.25) is 0 Å². The van der Waals surface area contributed by atoms with Gasteiger partial charge in [-0.15, -0.1) is 0 Å². The predicted octanol–water partition coefficient (Wildman–Crippen LogP) is 1.88. The first kappa shape index (κ1) is 9.00. The molecule has 2 nitrogen and oxygen atoms in total. The SMILES string of the molecule is O=S1(=O)C2CCCC1CC(Br)C2. The van der Waals surface area contributed by atoms with E-state index in [0.717, 1.165) is 32.1 Å². The van der Waals surface area contributed by atoms with Crippen molar-refractivity contribution in [1.82, 2.24) is 0 Å². The van der Waals surface area contributed by atoms with Gasteiger partial charge in [-0.25, -0.2) is 8.42 Å². The monoisotopic (exact) mass is 252 g/mol. The second-order valence-electron chi connectivity index (χ2n) is 3.83. The third kappa shape index (κ3) is 1.33. The van der Waals surface area contributed by atoms with Gasteiger partial charge < -0.3 is 0 Å². The van der Waals surface area contributed by atoms with E-state index in [1.807, 2.05) is 0 Å². The maximum absolute atomic E-state index is 11.7. The van der Waals surface area contributed by atoms with Crippen molar-refractivity contribution in [2.24, 2.45) is 0 Å². The first-order valence-corrected chi connectivity index (χ1v) is 7.00. The van der Waals surface area contributed by atoms with E-state index in [-0.39, 0.29) is 10.5 Å². The Bertz CT molecular complexity index is 253. The van der Waals surface area contributed by atoms with Crippen LogP contribution in [0.5, 0.6) is 0 Å². The number of rotatable bonds is 0. The van der Waals surface area contributed by atoms with Crippen LogP contribution in [-0.2, 0) is 9.84 Å². The number of halogens is 1. The number of sulfone groups is 1. The molecular weight excluding hydrogens is 240 g/mol. The molecule has 2 atom stereocenters. The van der Waals surface area contributed by atoms with E-state index in [4.69, 9.17) is 0 Å². The van der Waals surface area contributed by atoms with Gasteiger partial charge in [-0.3, -0.25) is 0 Å². The summed E-state index contributed by atoms with van der Waals surface area (Å²) in [5, 5.41) is -0.0660. The van der Waals surface area contributed by atoms with E-state index < -0.39 is 9.84 Å². The fourth-order valence-corrected chi connectivity index (χ4v) is 6.28. The van der Waals surface area contributed by atoms with Crippen LogP contribution in [0.3, 0.4) is 0 Å². The first-order valence-electron chi connectivity index (χ1n) is 4.47. The highest BCUT2D eigenvalue weighted by molar-refractivity contribution is 9.09. The fraction of sp³-hybridized carbons (Fsp3) is 1.00. The quantitative estimate of drug-likeness (QED) is 0.618. The molecule has 0 spiro atoms. The Morgan fingerprint density at radius 3 is 2.08 bits per heavy atom. The smallest absolute Gasteiger partial charge is 0.156 e. The summed E-state index contributed by atoms with van der Waals surface area (Å²) in [5.74, 6) is 0. The molecule has 12 heavy (non-hydrogen) atoms. The lowest BCUT2D eigenvalue weighted by Crippen LogP contribution is -2.43. The van der Waals surface area contributed by atoms with Crippen LogP contribution in [0.2, 0.25) is 0 Å². The molecule has 2 bridgehead atoms. The molecule has 4 heteroatoms. The zero-order chi connectivity index (χ0) is 8.77. The van der Waals surface area contributed by atoms with Gasteiger partial charge >= 0.3 is 0 Å². The van der Waals surface area contributed by atoms with Crippen LogP contribution in [0.25, 0.3) is 0 Å². The van der Waals surface area contributed by atoms with Crippen LogP contribution < -0.4 is 0 Å². The minimum absolute atomic E-state index is 0.0330. The van der Waals surface area contributed by atoms with Crippen LogP contribution in [0.1, 0.15) is 32.1 Å². The van der Waals surface area contributed by atoms with Crippen molar-refractivity contribution in [1.29, 1.82) is 0 Å². The van der Waals surface area contributed by atoms with Crippen molar-refractivity contribution in [3.63, 3.8) is 0 Å². The summed E-state index contributed by atoms with van der Waals surface area (Å²) in [6.07, 6.45) is 4.55. The lowest BCUT2D eigenvalue weighted by molar-refractivity contribution is 0.440. The van der Waals surface area contributed by atoms with Gasteiger partial charge in [-0.05, 0) is 25.7 Å². The van der Waals surface area contributed by atoms with E-state index >= 15 is 0 Å². The molecule has 70 valence electrons. The third-order valence-electron chi connectivity index (χ3n) is 3.02. The maximum Gasteiger partial charge on any atom is 0.156 e. The summed E-state index contributed by atoms with van der Waals surface area (Å²) < 4.78 is 23.4. The van der Waals surface area contributed by atoms with E-state index in [2.05, 4.69) is 15.9 Å². The molecule has 0 aromatic heterocycles. The Morgan fingerprint density at radius 1 is 1.08 bits per heavy atom. The first-order chi connectivity index (χ1) is 5.60. The summed E-state index contributed by atoms with van der Waals surface area (Å²) in [6.45, 7) is 0. The van der Waals surface area contributed by atoms with Gasteiger partial charge in [-0.2, -0.15) is 0 Å². The number of hydrogen-bond donors (Lipinski definition) is 0. The Hall–Kier alpha value is 0.430. The fourth-order valence-electron chi connectivity index (χ4n) is 2.34. The summed E-state index contributed by atoms with van der Waals surface area (Å²) >= 11 is 3.53. The predicted molar refractivity (Wildman–Crippen MR) is 52.3 cm³/mol. The molecule has 2 rings (SSSR count). The minimum atomic E-state index is -2.73. The molecule has 0 saturated carbocycles. The Labute approximate surface area is 81.8 Å². The highest BCUT2D eigenvalue weighted by Crippen LogP contribution is 2.38. The van der Waals surface area contributed by atoms with E-state index in [0.29, 0.717) is 4.83 Å². The van der Waals surface area contributed by atoms with Gasteiger partial charge in [0.15, 0.2) is 9.84 Å². The summed E-state index contributed by atoms with van der Waals surface area (Å²) in [4.78, 5) is 0.441. The second-order valence-corrected chi connectivity index (χ2v) is 7.64. The molecule has 2 heterocycles. The highest BCUT2D eigenvalue weighted by Gasteiger charge is 2.43. The van der Waals surface area contributed by atoms with Crippen LogP contribution in [0, 0.1) is 0 Å². The summed E-state index contributed by atoms with van der Waals surface area (Å²) in [5.41, 5.74) is 0. The Morgan fingerprint density at radius 2 is 1.58 bits per heavy atom. The molecule has 2 fully saturated rings. The van der Waals surface area contributed by atoms with E-state index in [1.165, 1.54) is 0 Å². The standard InChI is InChI=1S/C8H13BrO2S/c9-6-4-7-2-1-3-8(5-6)12(7,10)11/h6-8H,1-5H2. The molecule has 0 aromatic rings. The molecule has 2 aliphatic rings. The molecule has 2 saturated heterocycles. The topological polar surface area (TPSA) is 34.1 Å². The number of hydrogen-bond acceptors (Lipinski definition) is 2. The lowest BCUT2D eigenvalue weighted by Gasteiger charge is -2.36. The molecule has 2 aliphatic heterocycles. The second kappa shape index (κ2) is 2.98. The molecule has 0 radical (unpaired) electrons. The van der Waals surface area contributed by atoms with Crippen LogP contribution in [0.4, 0.5) is 0 Å². The zero-order valence-corrected chi connectivity index (χ0v) is 9.27. The van der Waals surface area contributed by atoms with Gasteiger partial charge in [0, 0.05) is 4.83 Å². The van der Waals surface area contributed by atoms with Crippen LogP contribution in [0.15, 0.2) is 0 Å². The van der Waals surface area contributed by atoms with Gasteiger partial charge in [0.25, 0.3) is 0 Å². The van der Waals surface area contributed by atoms with Crippen LogP contribution in [-0.4, -0.2) is 23.7 Å². The van der Waals surface area contributed by atoms with E-state index in [1.54, 1.807) is 0 Å². The molecule has 0 aromatic carbocycles. The number of fused-ring (bicyclic) bond motifs is 2. The largest absolute Gasteiger partial charge is 0.228 e. The maximum atomic E-state index is 11.7. The molecular formula is C8H13BrO2S. The summed E-state index contributed by atoms with van der Waals surface area (Å²) in [7, 11) is -2.73. The van der Waals surface area contributed by atoms with E-state index in [9.17, 15) is 8.42 Å². The van der Waals surface area contributed by atoms with Crippen molar-refractivity contribution in [2.75, 3.05) is 0 Å². The zero-order valence-electron chi connectivity index (χ0n) is 6.87. The average molecular weight is 253 g/mol. The third-order valence-corrected chi connectivity index (χ3v) is 6.48. The highest BCUT2D eigenvalue weighted by atomic mass is 79.9. The summed E-state index contributed by atoms with van der Waals surface area (Å²) in [6, 6.07) is 0. The molecule has 0 amide bonds. The van der Waals surface area contributed by atoms with Gasteiger partial charge in [-0.1, -0.05) is 22.4 Å². The van der Waals surface area contributed by atoms with Crippen molar-refractivity contribution in [3.8, 4) is 0 Å². The Balaban J connectivity index is 2.30. The average Bonchev–Trinajstić information content (AvgIpc) is 1.92. The molecule has 2 unspecified atom stereocenters. The minimum Gasteiger partial charge on any atom is -0.228 e. The molecule has 0 aliphatic carbocycles. The van der Waals surface area contributed by atoms with Crippen molar-refractivity contribution in [3.05, 3.63) is 0 Å². The molecule has 0 N–H and O–H groups in total. The Kier molecular flexibility index (Phi) is 2.24. The van der Waals surface area contributed by atoms with Crippen molar-refractivity contribution in [2.45, 2.75) is 47.4 Å². The lowest BCUT2D eigenvalue weighted by atomic mass is 9.99. The normalized spacial score (nSPS) is 45.6. The van der Waals surface area contributed by atoms with Gasteiger partial charge in [0.1, 0.15) is 0 Å². The van der Waals surface area contributed by atoms with Crippen molar-refractivity contribution >= 4 is 25.8 Å². The van der Waals surface area contributed by atoms with Crippen molar-refractivity contribution < 1.29 is 8.42 Å². The van der Waals surface area contributed by atoms with Crippen LogP contribution >= 0.6 is 15.9 Å². The number of alkyl halides is 1. The van der Waals surface area contributed by atoms with Gasteiger partial charge in [0.05, 0.1) is 10.5 Å².